The highest BCUT2D eigenvalue weighted by Gasteiger charge is 2.27. The molecule has 5 rings (SSSR count). The summed E-state index contributed by atoms with van der Waals surface area (Å²) in [6.45, 7) is 9.66. The summed E-state index contributed by atoms with van der Waals surface area (Å²) in [7, 11) is 0. The summed E-state index contributed by atoms with van der Waals surface area (Å²) in [6, 6.07) is 14.9. The molecule has 41 heavy (non-hydrogen) atoms. The molecular formula is C31H34Cl2N4O4. The van der Waals surface area contributed by atoms with Gasteiger partial charge in [-0.05, 0) is 95.0 Å². The van der Waals surface area contributed by atoms with Crippen LogP contribution in [-0.2, 0) is 11.3 Å². The number of amides is 2. The minimum Gasteiger partial charge on any atom is -0.456 e. The summed E-state index contributed by atoms with van der Waals surface area (Å²) in [6.07, 6.45) is 1.33. The van der Waals surface area contributed by atoms with Crippen molar-refractivity contribution in [2.45, 2.75) is 52.7 Å². The van der Waals surface area contributed by atoms with Crippen LogP contribution in [0.25, 0.3) is 22.3 Å². The molecule has 2 aromatic heterocycles. The average Bonchev–Trinajstić information content (AvgIpc) is 3.50. The SMILES string of the molecule is Cc1cc(C(=O)NCC2CCN(C(=O)OC(C)(C)C)CC2)nn1Cc1cc(Cl)cc2cc(-c3ccc(Cl)cc3)oc12. The molecule has 0 unspecified atom stereocenters. The number of benzene rings is 2. The predicted molar refractivity (Wildman–Crippen MR) is 161 cm³/mol. The number of ether oxygens (including phenoxy) is 1. The number of piperidine rings is 1. The normalized spacial score (nSPS) is 14.4. The van der Waals surface area contributed by atoms with E-state index in [0.717, 1.165) is 46.4 Å². The van der Waals surface area contributed by atoms with E-state index in [-0.39, 0.29) is 17.9 Å². The average molecular weight is 598 g/mol. The van der Waals surface area contributed by atoms with Gasteiger partial charge in [0.1, 0.15) is 22.6 Å². The lowest BCUT2D eigenvalue weighted by atomic mass is 9.97. The quantitative estimate of drug-likeness (QED) is 0.251. The van der Waals surface area contributed by atoms with Gasteiger partial charge in [0.15, 0.2) is 0 Å². The Hall–Kier alpha value is -3.49. The van der Waals surface area contributed by atoms with E-state index in [1.807, 2.05) is 70.2 Å². The van der Waals surface area contributed by atoms with Crippen LogP contribution in [0.15, 0.2) is 52.9 Å². The molecule has 1 fully saturated rings. The molecule has 2 aromatic carbocycles. The first-order chi connectivity index (χ1) is 19.4. The summed E-state index contributed by atoms with van der Waals surface area (Å²) in [5, 5.41) is 9.75. The number of nitrogens with one attached hydrogen (secondary N) is 1. The second-order valence-corrected chi connectivity index (χ2v) is 12.4. The van der Waals surface area contributed by atoms with Gasteiger partial charge in [-0.3, -0.25) is 9.48 Å². The minimum absolute atomic E-state index is 0.222. The van der Waals surface area contributed by atoms with Gasteiger partial charge in [-0.25, -0.2) is 4.79 Å². The molecule has 1 N–H and O–H groups in total. The number of fused-ring (bicyclic) bond motifs is 1. The lowest BCUT2D eigenvalue weighted by molar-refractivity contribution is 0.0183. The highest BCUT2D eigenvalue weighted by molar-refractivity contribution is 6.31. The van der Waals surface area contributed by atoms with Crippen molar-refractivity contribution in [3.05, 3.63) is 75.5 Å². The molecule has 1 aliphatic heterocycles. The van der Waals surface area contributed by atoms with E-state index in [9.17, 15) is 9.59 Å². The summed E-state index contributed by atoms with van der Waals surface area (Å²) in [5.74, 6) is 0.782. The fourth-order valence-corrected chi connectivity index (χ4v) is 5.35. The van der Waals surface area contributed by atoms with Crippen LogP contribution in [-0.4, -0.2) is 51.9 Å². The van der Waals surface area contributed by atoms with Gasteiger partial charge < -0.3 is 19.4 Å². The number of halogens is 2. The number of aryl methyl sites for hydroxylation is 1. The van der Waals surface area contributed by atoms with E-state index in [0.29, 0.717) is 41.9 Å². The maximum Gasteiger partial charge on any atom is 0.410 e. The predicted octanol–water partition coefficient (Wildman–Crippen LogP) is 7.34. The number of hydrogen-bond acceptors (Lipinski definition) is 5. The van der Waals surface area contributed by atoms with E-state index in [1.54, 1.807) is 15.6 Å². The Balaban J connectivity index is 1.22. The number of likely N-dealkylation sites (tertiary alicyclic amines) is 1. The number of aromatic nitrogens is 2. The number of carbonyl (C=O) groups excluding carboxylic acids is 2. The summed E-state index contributed by atoms with van der Waals surface area (Å²) >= 11 is 12.5. The summed E-state index contributed by atoms with van der Waals surface area (Å²) in [5.41, 5.74) is 3.19. The molecule has 0 aliphatic carbocycles. The van der Waals surface area contributed by atoms with Crippen molar-refractivity contribution in [2.24, 2.45) is 5.92 Å². The van der Waals surface area contributed by atoms with Crippen LogP contribution in [0, 0.1) is 12.8 Å². The molecule has 1 aliphatic rings. The molecule has 4 aromatic rings. The van der Waals surface area contributed by atoms with Gasteiger partial charge in [0.25, 0.3) is 5.91 Å². The highest BCUT2D eigenvalue weighted by atomic mass is 35.5. The van der Waals surface area contributed by atoms with Gasteiger partial charge >= 0.3 is 6.09 Å². The van der Waals surface area contributed by atoms with E-state index >= 15 is 0 Å². The molecule has 0 radical (unpaired) electrons. The Kier molecular flexibility index (Phi) is 8.34. The first kappa shape index (κ1) is 29.0. The number of hydrogen-bond donors (Lipinski definition) is 1. The first-order valence-electron chi connectivity index (χ1n) is 13.7. The van der Waals surface area contributed by atoms with Crippen molar-refractivity contribution in [2.75, 3.05) is 19.6 Å². The van der Waals surface area contributed by atoms with Gasteiger partial charge in [-0.1, -0.05) is 23.2 Å². The van der Waals surface area contributed by atoms with E-state index in [1.165, 1.54) is 0 Å². The van der Waals surface area contributed by atoms with Crippen LogP contribution in [0.1, 0.15) is 55.4 Å². The van der Waals surface area contributed by atoms with Crippen molar-refractivity contribution in [3.8, 4) is 11.3 Å². The monoisotopic (exact) mass is 596 g/mol. The van der Waals surface area contributed by atoms with Crippen molar-refractivity contribution in [1.29, 1.82) is 0 Å². The van der Waals surface area contributed by atoms with Crippen molar-refractivity contribution < 1.29 is 18.7 Å². The first-order valence-corrected chi connectivity index (χ1v) is 14.5. The largest absolute Gasteiger partial charge is 0.456 e. The minimum atomic E-state index is -0.513. The highest BCUT2D eigenvalue weighted by Crippen LogP contribution is 2.33. The van der Waals surface area contributed by atoms with Gasteiger partial charge in [0, 0.05) is 51.9 Å². The molecule has 216 valence electrons. The Morgan fingerprint density at radius 1 is 1.05 bits per heavy atom. The molecule has 1 saturated heterocycles. The van der Waals surface area contributed by atoms with Gasteiger partial charge in [-0.15, -0.1) is 0 Å². The van der Waals surface area contributed by atoms with E-state index in [4.69, 9.17) is 32.4 Å². The third kappa shape index (κ3) is 7.05. The number of furan rings is 1. The zero-order chi connectivity index (χ0) is 29.3. The van der Waals surface area contributed by atoms with Crippen LogP contribution < -0.4 is 5.32 Å². The maximum absolute atomic E-state index is 13.0. The third-order valence-electron chi connectivity index (χ3n) is 7.14. The smallest absolute Gasteiger partial charge is 0.410 e. The molecule has 0 spiro atoms. The maximum atomic E-state index is 13.0. The van der Waals surface area contributed by atoms with Crippen molar-refractivity contribution in [3.63, 3.8) is 0 Å². The van der Waals surface area contributed by atoms with Crippen molar-refractivity contribution in [1.82, 2.24) is 20.0 Å². The molecule has 2 amide bonds. The van der Waals surface area contributed by atoms with Crippen LogP contribution in [0.2, 0.25) is 10.0 Å². The standard InChI is InChI=1S/C31H34Cl2N4O4/c1-19-13-26(29(38)34-17-20-9-11-36(12-10-20)30(39)41-31(2,3)4)35-37(19)18-23-15-25(33)14-22-16-27(40-28(22)23)21-5-7-24(32)8-6-21/h5-8,13-16,20H,9-12,17-18H2,1-4H3,(H,34,38). The van der Waals surface area contributed by atoms with Crippen molar-refractivity contribution >= 4 is 46.2 Å². The third-order valence-corrected chi connectivity index (χ3v) is 7.61. The molecule has 0 saturated carbocycles. The second-order valence-electron chi connectivity index (χ2n) is 11.6. The molecule has 3 heterocycles. The molecule has 0 atom stereocenters. The topological polar surface area (TPSA) is 89.6 Å². The zero-order valence-corrected chi connectivity index (χ0v) is 25.2. The molecule has 10 heteroatoms. The Labute approximate surface area is 249 Å². The summed E-state index contributed by atoms with van der Waals surface area (Å²) < 4.78 is 13.5. The number of carbonyl (C=O) groups is 2. The van der Waals surface area contributed by atoms with Gasteiger partial charge in [0.05, 0.1) is 6.54 Å². The van der Waals surface area contributed by atoms with Crippen LogP contribution in [0.3, 0.4) is 0 Å². The Bertz CT molecular complexity index is 1560. The zero-order valence-electron chi connectivity index (χ0n) is 23.7. The fourth-order valence-electron chi connectivity index (χ4n) is 4.98. The number of nitrogens with zero attached hydrogens (tertiary/aromatic N) is 3. The lowest BCUT2D eigenvalue weighted by Crippen LogP contribution is -2.43. The van der Waals surface area contributed by atoms with Crippen LogP contribution in [0.4, 0.5) is 4.79 Å². The second kappa shape index (κ2) is 11.8. The Morgan fingerprint density at radius 2 is 1.76 bits per heavy atom. The fraction of sp³-hybridized carbons (Fsp3) is 0.387. The molecule has 0 bridgehead atoms. The van der Waals surface area contributed by atoms with Crippen LogP contribution in [0.5, 0.6) is 0 Å². The van der Waals surface area contributed by atoms with E-state index < -0.39 is 5.60 Å². The Morgan fingerprint density at radius 3 is 2.44 bits per heavy atom. The van der Waals surface area contributed by atoms with Crippen LogP contribution >= 0.6 is 23.2 Å². The van der Waals surface area contributed by atoms with Gasteiger partial charge in [0.2, 0.25) is 0 Å². The lowest BCUT2D eigenvalue weighted by Gasteiger charge is -2.33. The number of rotatable bonds is 6. The summed E-state index contributed by atoms with van der Waals surface area (Å²) in [4.78, 5) is 27.0. The molecule has 8 nitrogen and oxygen atoms in total. The molecular weight excluding hydrogens is 563 g/mol. The van der Waals surface area contributed by atoms with E-state index in [2.05, 4.69) is 10.4 Å². The van der Waals surface area contributed by atoms with Gasteiger partial charge in [-0.2, -0.15) is 5.10 Å².